The van der Waals surface area contributed by atoms with Gasteiger partial charge in [0.05, 0.1) is 5.56 Å². The predicted molar refractivity (Wildman–Crippen MR) is 83.3 cm³/mol. The van der Waals surface area contributed by atoms with Gasteiger partial charge in [-0.15, -0.1) is 0 Å². The van der Waals surface area contributed by atoms with Crippen LogP contribution >= 0.6 is 0 Å². The van der Waals surface area contributed by atoms with E-state index in [-0.39, 0.29) is 11.5 Å². The van der Waals surface area contributed by atoms with E-state index >= 15 is 0 Å². The van der Waals surface area contributed by atoms with E-state index < -0.39 is 0 Å². The number of rotatable bonds is 4. The molecule has 2 heteroatoms. The van der Waals surface area contributed by atoms with Crippen LogP contribution < -0.4 is 0 Å². The lowest BCUT2D eigenvalue weighted by molar-refractivity contribution is 0.446. The molecule has 0 atom stereocenters. The fourth-order valence-corrected chi connectivity index (χ4v) is 2.65. The second kappa shape index (κ2) is 6.00. The van der Waals surface area contributed by atoms with Crippen LogP contribution in [0.25, 0.3) is 11.1 Å². The smallest absolute Gasteiger partial charge is 0.130 e. The largest absolute Gasteiger partial charge is 0.507 e. The highest BCUT2D eigenvalue weighted by Gasteiger charge is 2.18. The fourth-order valence-electron chi connectivity index (χ4n) is 2.65. The van der Waals surface area contributed by atoms with Gasteiger partial charge in [-0.2, -0.15) is 0 Å². The number of hydrogen-bond donors (Lipinski definition) is 2. The van der Waals surface area contributed by atoms with Gasteiger partial charge < -0.3 is 10.2 Å². The molecule has 0 unspecified atom stereocenters. The molecular formula is C18H22O2. The molecule has 106 valence electrons. The average Bonchev–Trinajstić information content (AvgIpc) is 2.48. The van der Waals surface area contributed by atoms with E-state index in [0.717, 1.165) is 41.5 Å². The predicted octanol–water partition coefficient (Wildman–Crippen LogP) is 4.45. The molecule has 0 aliphatic heterocycles. The third-order valence-corrected chi connectivity index (χ3v) is 3.86. The van der Waals surface area contributed by atoms with Crippen LogP contribution in [0.4, 0.5) is 0 Å². The van der Waals surface area contributed by atoms with Crippen molar-refractivity contribution in [2.45, 2.75) is 40.0 Å². The van der Waals surface area contributed by atoms with Crippen LogP contribution in [0.15, 0.2) is 30.3 Å². The second-order valence-corrected chi connectivity index (χ2v) is 4.98. The zero-order valence-electron chi connectivity index (χ0n) is 12.4. The summed E-state index contributed by atoms with van der Waals surface area (Å²) >= 11 is 0. The Morgan fingerprint density at radius 3 is 1.75 bits per heavy atom. The molecule has 0 saturated heterocycles. The van der Waals surface area contributed by atoms with Gasteiger partial charge in [0.1, 0.15) is 11.5 Å². The maximum atomic E-state index is 10.5. The van der Waals surface area contributed by atoms with Gasteiger partial charge in [0.25, 0.3) is 0 Å². The molecule has 0 aliphatic rings. The quantitative estimate of drug-likeness (QED) is 0.861. The summed E-state index contributed by atoms with van der Waals surface area (Å²) in [7, 11) is 0. The van der Waals surface area contributed by atoms with Gasteiger partial charge in [-0.3, -0.25) is 0 Å². The molecule has 2 N–H and O–H groups in total. The normalized spacial score (nSPS) is 10.8. The molecule has 2 aromatic carbocycles. The molecule has 0 aliphatic carbocycles. The molecule has 2 nitrogen and oxygen atoms in total. The summed E-state index contributed by atoms with van der Waals surface area (Å²) in [6, 6.07) is 9.84. The van der Waals surface area contributed by atoms with Crippen molar-refractivity contribution in [3.63, 3.8) is 0 Å². The minimum absolute atomic E-state index is 0.211. The Morgan fingerprint density at radius 1 is 0.750 bits per heavy atom. The molecule has 0 spiro atoms. The van der Waals surface area contributed by atoms with E-state index in [1.54, 1.807) is 0 Å². The van der Waals surface area contributed by atoms with Crippen molar-refractivity contribution in [3.05, 3.63) is 47.0 Å². The van der Waals surface area contributed by atoms with Crippen molar-refractivity contribution in [2.75, 3.05) is 0 Å². The summed E-state index contributed by atoms with van der Waals surface area (Å²) in [5.74, 6) is 0.422. The van der Waals surface area contributed by atoms with Gasteiger partial charge in [-0.05, 0) is 47.6 Å². The maximum absolute atomic E-state index is 10.5. The molecule has 0 aromatic heterocycles. The average molecular weight is 270 g/mol. The Balaban J connectivity index is 2.78. The first-order valence-electron chi connectivity index (χ1n) is 7.28. The van der Waals surface area contributed by atoms with Crippen LogP contribution in [0.2, 0.25) is 0 Å². The molecular weight excluding hydrogens is 248 g/mol. The van der Waals surface area contributed by atoms with E-state index in [1.165, 1.54) is 0 Å². The summed E-state index contributed by atoms with van der Waals surface area (Å²) in [6.07, 6.45) is 2.37. The van der Waals surface area contributed by atoms with E-state index in [0.29, 0.717) is 5.56 Å². The molecule has 2 aromatic rings. The van der Waals surface area contributed by atoms with Crippen LogP contribution in [0.3, 0.4) is 0 Å². The van der Waals surface area contributed by atoms with E-state index in [4.69, 9.17) is 0 Å². The summed E-state index contributed by atoms with van der Waals surface area (Å²) in [6.45, 7) is 6.11. The molecule has 0 radical (unpaired) electrons. The first kappa shape index (κ1) is 14.4. The third kappa shape index (κ3) is 2.38. The van der Waals surface area contributed by atoms with E-state index in [9.17, 15) is 10.2 Å². The highest BCUT2D eigenvalue weighted by atomic mass is 16.3. The molecule has 0 saturated carbocycles. The second-order valence-electron chi connectivity index (χ2n) is 4.98. The van der Waals surface area contributed by atoms with Gasteiger partial charge in [0, 0.05) is 0 Å². The topological polar surface area (TPSA) is 40.5 Å². The molecule has 0 amide bonds. The first-order valence-corrected chi connectivity index (χ1v) is 7.28. The van der Waals surface area contributed by atoms with Gasteiger partial charge >= 0.3 is 0 Å². The van der Waals surface area contributed by atoms with Crippen LogP contribution in [-0.4, -0.2) is 10.2 Å². The highest BCUT2D eigenvalue weighted by Crippen LogP contribution is 2.43. The summed E-state index contributed by atoms with van der Waals surface area (Å²) in [5, 5.41) is 21.0. The minimum Gasteiger partial charge on any atom is -0.507 e. The van der Waals surface area contributed by atoms with Crippen LogP contribution in [0, 0.1) is 0 Å². The SMILES string of the molecule is CCc1ccccc1-c1c(O)c(CC)cc(CC)c1O. The zero-order chi connectivity index (χ0) is 14.7. The number of phenols is 2. The first-order chi connectivity index (χ1) is 9.63. The lowest BCUT2D eigenvalue weighted by Gasteiger charge is -2.17. The monoisotopic (exact) mass is 270 g/mol. The van der Waals surface area contributed by atoms with Crippen molar-refractivity contribution in [2.24, 2.45) is 0 Å². The Kier molecular flexibility index (Phi) is 4.33. The number of aryl methyl sites for hydroxylation is 3. The van der Waals surface area contributed by atoms with Crippen molar-refractivity contribution >= 4 is 0 Å². The highest BCUT2D eigenvalue weighted by molar-refractivity contribution is 5.81. The fraction of sp³-hybridized carbons (Fsp3) is 0.333. The number of phenolic OH excluding ortho intramolecular Hbond substituents is 2. The number of aromatic hydroxyl groups is 2. The Morgan fingerprint density at radius 2 is 1.25 bits per heavy atom. The Hall–Kier alpha value is -1.96. The van der Waals surface area contributed by atoms with Crippen LogP contribution in [0.1, 0.15) is 37.5 Å². The molecule has 0 bridgehead atoms. The summed E-state index contributed by atoms with van der Waals surface area (Å²) in [5.41, 5.74) is 4.42. The molecule has 0 fully saturated rings. The van der Waals surface area contributed by atoms with Gasteiger partial charge in [0.15, 0.2) is 0 Å². The Labute approximate surface area is 120 Å². The van der Waals surface area contributed by atoms with Gasteiger partial charge in [0.2, 0.25) is 0 Å². The van der Waals surface area contributed by atoms with Crippen molar-refractivity contribution < 1.29 is 10.2 Å². The maximum Gasteiger partial charge on any atom is 0.130 e. The minimum atomic E-state index is 0.211. The number of benzene rings is 2. The standard InChI is InChI=1S/C18H22O2/c1-4-12-9-7-8-10-15(12)16-17(19)13(5-2)11-14(6-3)18(16)20/h7-11,19-20H,4-6H2,1-3H3. The lowest BCUT2D eigenvalue weighted by Crippen LogP contribution is -1.95. The van der Waals surface area contributed by atoms with Gasteiger partial charge in [-0.25, -0.2) is 0 Å². The van der Waals surface area contributed by atoms with E-state index in [2.05, 4.69) is 6.92 Å². The lowest BCUT2D eigenvalue weighted by atomic mass is 9.91. The van der Waals surface area contributed by atoms with Crippen molar-refractivity contribution in [3.8, 4) is 22.6 Å². The third-order valence-electron chi connectivity index (χ3n) is 3.86. The van der Waals surface area contributed by atoms with Gasteiger partial charge in [-0.1, -0.05) is 45.0 Å². The summed E-state index contributed by atoms with van der Waals surface area (Å²) < 4.78 is 0. The van der Waals surface area contributed by atoms with Crippen LogP contribution in [0.5, 0.6) is 11.5 Å². The number of hydrogen-bond acceptors (Lipinski definition) is 2. The molecule has 2 rings (SSSR count). The zero-order valence-corrected chi connectivity index (χ0v) is 12.4. The van der Waals surface area contributed by atoms with Crippen LogP contribution in [-0.2, 0) is 19.3 Å². The Bertz CT molecular complexity index is 587. The van der Waals surface area contributed by atoms with E-state index in [1.807, 2.05) is 44.2 Å². The molecule has 20 heavy (non-hydrogen) atoms. The molecule has 0 heterocycles. The van der Waals surface area contributed by atoms with Crippen molar-refractivity contribution in [1.29, 1.82) is 0 Å². The van der Waals surface area contributed by atoms with Crippen molar-refractivity contribution in [1.82, 2.24) is 0 Å². The summed E-state index contributed by atoms with van der Waals surface area (Å²) in [4.78, 5) is 0.